The summed E-state index contributed by atoms with van der Waals surface area (Å²) in [6, 6.07) is 4.35. The molecular weight excluding hydrogens is 293 g/mol. The van der Waals surface area contributed by atoms with Crippen molar-refractivity contribution in [3.63, 3.8) is 0 Å². The number of unbranched alkanes of at least 4 members (excludes halogenated alkanes) is 1. The average Bonchev–Trinajstić information content (AvgIpc) is 2.20. The largest absolute Gasteiger partial charge is 0.492 e. The Balaban J connectivity index is 2.29. The number of hydrogen-bond donors (Lipinski definition) is 1. The molecule has 88 valence electrons. The number of benzene rings is 1. The van der Waals surface area contributed by atoms with E-state index >= 15 is 0 Å². The van der Waals surface area contributed by atoms with Crippen LogP contribution in [0.1, 0.15) is 19.3 Å². The molecule has 0 aliphatic heterocycles. The van der Waals surface area contributed by atoms with Gasteiger partial charge in [-0.15, -0.1) is 0 Å². The van der Waals surface area contributed by atoms with E-state index in [0.717, 1.165) is 19.3 Å². The SMILES string of the molecule is NC(=S)CCCCOc1ccc(F)cc1Br. The van der Waals surface area contributed by atoms with E-state index in [2.05, 4.69) is 15.9 Å². The number of thiocarbonyl (C=S) groups is 1. The highest BCUT2D eigenvalue weighted by Crippen LogP contribution is 2.25. The number of rotatable bonds is 6. The molecule has 0 radical (unpaired) electrons. The first-order valence-corrected chi connectivity index (χ1v) is 6.16. The molecule has 0 heterocycles. The average molecular weight is 306 g/mol. The molecule has 0 fully saturated rings. The second kappa shape index (κ2) is 6.81. The minimum Gasteiger partial charge on any atom is -0.492 e. The molecule has 0 atom stereocenters. The highest BCUT2D eigenvalue weighted by molar-refractivity contribution is 9.10. The number of ether oxygens (including phenoxy) is 1. The zero-order valence-electron chi connectivity index (χ0n) is 8.71. The van der Waals surface area contributed by atoms with E-state index in [1.54, 1.807) is 6.07 Å². The Kier molecular flexibility index (Phi) is 5.69. The first-order valence-electron chi connectivity index (χ1n) is 4.96. The van der Waals surface area contributed by atoms with Crippen LogP contribution in [0, 0.1) is 5.82 Å². The van der Waals surface area contributed by atoms with Crippen molar-refractivity contribution in [1.82, 2.24) is 0 Å². The lowest BCUT2D eigenvalue weighted by atomic mass is 10.2. The van der Waals surface area contributed by atoms with Crippen LogP contribution in [-0.4, -0.2) is 11.6 Å². The lowest BCUT2D eigenvalue weighted by Gasteiger charge is -2.07. The van der Waals surface area contributed by atoms with Crippen molar-refractivity contribution in [2.75, 3.05) is 6.61 Å². The smallest absolute Gasteiger partial charge is 0.133 e. The molecule has 16 heavy (non-hydrogen) atoms. The van der Waals surface area contributed by atoms with Gasteiger partial charge in [-0.05, 0) is 53.4 Å². The van der Waals surface area contributed by atoms with Crippen LogP contribution in [-0.2, 0) is 0 Å². The molecule has 2 nitrogen and oxygen atoms in total. The zero-order chi connectivity index (χ0) is 12.0. The summed E-state index contributed by atoms with van der Waals surface area (Å²) in [5.74, 6) is 0.365. The van der Waals surface area contributed by atoms with Crippen molar-refractivity contribution in [2.24, 2.45) is 5.73 Å². The molecule has 0 aliphatic rings. The molecule has 0 saturated carbocycles. The topological polar surface area (TPSA) is 35.2 Å². The summed E-state index contributed by atoms with van der Waals surface area (Å²) in [4.78, 5) is 0.531. The second-order valence-corrected chi connectivity index (χ2v) is 4.73. The van der Waals surface area contributed by atoms with Crippen LogP contribution in [0.25, 0.3) is 0 Å². The van der Waals surface area contributed by atoms with E-state index in [9.17, 15) is 4.39 Å². The van der Waals surface area contributed by atoms with Gasteiger partial charge in [-0.1, -0.05) is 12.2 Å². The fourth-order valence-corrected chi connectivity index (χ4v) is 1.79. The Morgan fingerprint density at radius 2 is 2.19 bits per heavy atom. The molecule has 2 N–H and O–H groups in total. The molecule has 1 aromatic carbocycles. The molecule has 0 aromatic heterocycles. The van der Waals surface area contributed by atoms with Crippen LogP contribution in [0.2, 0.25) is 0 Å². The van der Waals surface area contributed by atoms with Crippen LogP contribution >= 0.6 is 28.1 Å². The van der Waals surface area contributed by atoms with Gasteiger partial charge in [0, 0.05) is 0 Å². The van der Waals surface area contributed by atoms with E-state index in [0.29, 0.717) is 21.8 Å². The molecule has 0 bridgehead atoms. The summed E-state index contributed by atoms with van der Waals surface area (Å²) in [5, 5.41) is 0. The minimum atomic E-state index is -0.285. The standard InChI is InChI=1S/C11H13BrFNOS/c12-9-7-8(13)4-5-10(9)15-6-2-1-3-11(14)16/h4-5,7H,1-3,6H2,(H2,14,16). The number of nitrogens with two attached hydrogens (primary N) is 1. The number of halogens is 2. The van der Waals surface area contributed by atoms with Gasteiger partial charge >= 0.3 is 0 Å². The van der Waals surface area contributed by atoms with Crippen molar-refractivity contribution in [3.05, 3.63) is 28.5 Å². The van der Waals surface area contributed by atoms with Crippen LogP contribution in [0.15, 0.2) is 22.7 Å². The third-order valence-electron chi connectivity index (χ3n) is 1.97. The van der Waals surface area contributed by atoms with Crippen molar-refractivity contribution in [2.45, 2.75) is 19.3 Å². The maximum absolute atomic E-state index is 12.8. The zero-order valence-corrected chi connectivity index (χ0v) is 11.1. The van der Waals surface area contributed by atoms with Gasteiger partial charge in [0.1, 0.15) is 11.6 Å². The number of hydrogen-bond acceptors (Lipinski definition) is 2. The summed E-state index contributed by atoms with van der Waals surface area (Å²) < 4.78 is 18.9. The summed E-state index contributed by atoms with van der Waals surface area (Å²) in [7, 11) is 0. The first-order chi connectivity index (χ1) is 7.59. The summed E-state index contributed by atoms with van der Waals surface area (Å²) in [5.41, 5.74) is 5.37. The molecule has 0 aliphatic carbocycles. The summed E-state index contributed by atoms with van der Waals surface area (Å²) in [6.07, 6.45) is 2.53. The lowest BCUT2D eigenvalue weighted by Crippen LogP contribution is -2.08. The van der Waals surface area contributed by atoms with Crippen LogP contribution in [0.3, 0.4) is 0 Å². The maximum atomic E-state index is 12.8. The van der Waals surface area contributed by atoms with Crippen LogP contribution in [0.4, 0.5) is 4.39 Å². The summed E-state index contributed by atoms with van der Waals surface area (Å²) >= 11 is 8.00. The van der Waals surface area contributed by atoms with Crippen LogP contribution < -0.4 is 10.5 Å². The van der Waals surface area contributed by atoms with Gasteiger partial charge in [-0.2, -0.15) is 0 Å². The van der Waals surface area contributed by atoms with Crippen molar-refractivity contribution in [1.29, 1.82) is 0 Å². The highest BCUT2D eigenvalue weighted by atomic mass is 79.9. The van der Waals surface area contributed by atoms with E-state index in [1.165, 1.54) is 12.1 Å². The van der Waals surface area contributed by atoms with Gasteiger partial charge in [-0.25, -0.2) is 4.39 Å². The van der Waals surface area contributed by atoms with E-state index < -0.39 is 0 Å². The molecule has 0 unspecified atom stereocenters. The molecule has 0 spiro atoms. The second-order valence-electron chi connectivity index (χ2n) is 3.35. The fourth-order valence-electron chi connectivity index (χ4n) is 1.18. The molecular formula is C11H13BrFNOS. The van der Waals surface area contributed by atoms with Gasteiger partial charge < -0.3 is 10.5 Å². The Bertz CT molecular complexity index is 373. The Labute approximate surface area is 108 Å². The van der Waals surface area contributed by atoms with Crippen molar-refractivity contribution >= 4 is 33.1 Å². The van der Waals surface area contributed by atoms with E-state index in [1.807, 2.05) is 0 Å². The molecule has 1 rings (SSSR count). The van der Waals surface area contributed by atoms with Crippen molar-refractivity contribution < 1.29 is 9.13 Å². The van der Waals surface area contributed by atoms with Crippen LogP contribution in [0.5, 0.6) is 5.75 Å². The van der Waals surface area contributed by atoms with Crippen molar-refractivity contribution in [3.8, 4) is 5.75 Å². The van der Waals surface area contributed by atoms with Gasteiger partial charge in [0.15, 0.2) is 0 Å². The summed E-state index contributed by atoms with van der Waals surface area (Å²) in [6.45, 7) is 0.576. The maximum Gasteiger partial charge on any atom is 0.133 e. The normalized spacial score (nSPS) is 10.1. The van der Waals surface area contributed by atoms with Gasteiger partial charge in [0.25, 0.3) is 0 Å². The third kappa shape index (κ3) is 4.90. The first kappa shape index (κ1) is 13.4. The van der Waals surface area contributed by atoms with Gasteiger partial charge in [-0.3, -0.25) is 0 Å². The Morgan fingerprint density at radius 3 is 2.81 bits per heavy atom. The van der Waals surface area contributed by atoms with Gasteiger partial charge in [0.05, 0.1) is 16.1 Å². The fraction of sp³-hybridized carbons (Fsp3) is 0.364. The predicted octanol–water partition coefficient (Wildman–Crippen LogP) is 3.42. The van der Waals surface area contributed by atoms with E-state index in [4.69, 9.17) is 22.7 Å². The molecule has 5 heteroatoms. The van der Waals surface area contributed by atoms with E-state index in [-0.39, 0.29) is 5.82 Å². The Hall–Kier alpha value is -0.680. The highest BCUT2D eigenvalue weighted by Gasteiger charge is 2.02. The minimum absolute atomic E-state index is 0.285. The third-order valence-corrected chi connectivity index (χ3v) is 2.79. The molecule has 0 amide bonds. The lowest BCUT2D eigenvalue weighted by molar-refractivity contribution is 0.305. The monoisotopic (exact) mass is 305 g/mol. The molecule has 1 aromatic rings. The van der Waals surface area contributed by atoms with Gasteiger partial charge in [0.2, 0.25) is 0 Å². The molecule has 0 saturated heterocycles. The quantitative estimate of drug-likeness (QED) is 0.646. The Morgan fingerprint density at radius 1 is 1.44 bits per heavy atom. The predicted molar refractivity (Wildman–Crippen MR) is 70.2 cm³/mol.